The van der Waals surface area contributed by atoms with E-state index in [-0.39, 0.29) is 53.3 Å². The number of aromatic nitrogens is 1. The van der Waals surface area contributed by atoms with Crippen LogP contribution >= 0.6 is 0 Å². The van der Waals surface area contributed by atoms with Crippen molar-refractivity contribution < 1.29 is 19.8 Å². The summed E-state index contributed by atoms with van der Waals surface area (Å²) in [6.07, 6.45) is 11.3. The van der Waals surface area contributed by atoms with E-state index in [4.69, 9.17) is 0 Å². The summed E-state index contributed by atoms with van der Waals surface area (Å²) < 4.78 is 0. The van der Waals surface area contributed by atoms with Gasteiger partial charge < -0.3 is 15.2 Å². The summed E-state index contributed by atoms with van der Waals surface area (Å²) in [5, 5.41) is 21.9. The number of hydrogen-bond donors (Lipinski definition) is 3. The molecule has 1 fully saturated rings. The number of Topliss-reactive ketones (excluding diaryl/α,β-unsaturated/α-hetero) is 1. The van der Waals surface area contributed by atoms with Crippen molar-refractivity contribution in [1.29, 1.82) is 0 Å². The minimum atomic E-state index is -1.60. The third-order valence-corrected chi connectivity index (χ3v) is 7.29. The van der Waals surface area contributed by atoms with Crippen molar-refractivity contribution in [1.82, 2.24) is 4.98 Å². The Morgan fingerprint density at radius 2 is 1.97 bits per heavy atom. The summed E-state index contributed by atoms with van der Waals surface area (Å²) in [4.78, 5) is 40.3. The van der Waals surface area contributed by atoms with Gasteiger partial charge in [0.05, 0.1) is 0 Å². The zero-order chi connectivity index (χ0) is 21.6. The van der Waals surface area contributed by atoms with Crippen LogP contribution in [0.1, 0.15) is 61.9 Å². The smallest absolute Gasteiger partial charge is 0.262 e. The number of aliphatic hydroxyl groups is 1. The van der Waals surface area contributed by atoms with E-state index in [1.165, 1.54) is 18.3 Å². The van der Waals surface area contributed by atoms with E-state index in [9.17, 15) is 24.6 Å². The molecule has 0 aliphatic heterocycles. The minimum absolute atomic E-state index is 0.0371. The largest absolute Gasteiger partial charge is 0.507 e. The van der Waals surface area contributed by atoms with E-state index >= 15 is 0 Å². The van der Waals surface area contributed by atoms with Crippen molar-refractivity contribution in [3.8, 4) is 5.75 Å². The summed E-state index contributed by atoms with van der Waals surface area (Å²) in [7, 11) is 0. The molecule has 30 heavy (non-hydrogen) atoms. The van der Waals surface area contributed by atoms with E-state index in [1.54, 1.807) is 0 Å². The van der Waals surface area contributed by atoms with Crippen molar-refractivity contribution in [3.63, 3.8) is 0 Å². The molecule has 0 saturated heterocycles. The third-order valence-electron chi connectivity index (χ3n) is 7.29. The molecular formula is C24H29NO5. The van der Waals surface area contributed by atoms with Crippen LogP contribution < -0.4 is 5.56 Å². The fourth-order valence-corrected chi connectivity index (χ4v) is 5.56. The fourth-order valence-electron chi connectivity index (χ4n) is 5.56. The summed E-state index contributed by atoms with van der Waals surface area (Å²) >= 11 is 0. The Morgan fingerprint density at radius 3 is 2.67 bits per heavy atom. The van der Waals surface area contributed by atoms with Crippen molar-refractivity contribution >= 4 is 11.6 Å². The maximum Gasteiger partial charge on any atom is 0.262 e. The number of pyridine rings is 1. The minimum Gasteiger partial charge on any atom is -0.507 e. The molecule has 160 valence electrons. The van der Waals surface area contributed by atoms with Gasteiger partial charge in [0.2, 0.25) is 0 Å². The molecular weight excluding hydrogens is 382 g/mol. The van der Waals surface area contributed by atoms with Crippen LogP contribution in [0.15, 0.2) is 35.3 Å². The van der Waals surface area contributed by atoms with Crippen LogP contribution in [0.4, 0.5) is 0 Å². The Morgan fingerprint density at radius 1 is 1.20 bits per heavy atom. The van der Waals surface area contributed by atoms with Crippen molar-refractivity contribution in [2.75, 3.05) is 0 Å². The molecule has 0 spiro atoms. The number of carbonyl (C=O) groups excluding carboxylic acids is 2. The fraction of sp³-hybridized carbons (Fsp3) is 0.542. The Kier molecular flexibility index (Phi) is 5.30. The van der Waals surface area contributed by atoms with Crippen molar-refractivity contribution in [3.05, 3.63) is 52.0 Å². The number of fused-ring (bicyclic) bond motifs is 1. The molecule has 1 aromatic rings. The number of carbonyl (C=O) groups is 2. The number of allylic oxidation sites excluding steroid dienone is 3. The maximum atomic E-state index is 13.6. The summed E-state index contributed by atoms with van der Waals surface area (Å²) in [5.74, 6) is -0.316. The van der Waals surface area contributed by atoms with Crippen molar-refractivity contribution in [2.24, 2.45) is 29.6 Å². The lowest BCUT2D eigenvalue weighted by Gasteiger charge is -2.42. The molecule has 3 aliphatic rings. The predicted molar refractivity (Wildman–Crippen MR) is 112 cm³/mol. The first-order valence-corrected chi connectivity index (χ1v) is 10.8. The molecule has 1 aromatic heterocycles. The maximum absolute atomic E-state index is 13.6. The van der Waals surface area contributed by atoms with E-state index in [0.29, 0.717) is 11.8 Å². The van der Waals surface area contributed by atoms with Crippen molar-refractivity contribution in [2.45, 2.75) is 51.6 Å². The molecule has 1 unspecified atom stereocenters. The van der Waals surface area contributed by atoms with Crippen LogP contribution in [0.2, 0.25) is 0 Å². The number of aromatic amines is 1. The van der Waals surface area contributed by atoms with Gasteiger partial charge in [0.15, 0.2) is 11.6 Å². The van der Waals surface area contributed by atoms with Gasteiger partial charge in [0.1, 0.15) is 16.9 Å². The molecule has 0 amide bonds. The SMILES string of the molecule is C[C@H]1CC[C@@H]2[C@@H](C(=O)c3c(O)c(C4(O)C=CC(=O)CC4)c[nH]c3=O)[C@@H](C)C=C[C@H]2C1. The first-order valence-electron chi connectivity index (χ1n) is 10.8. The molecule has 4 rings (SSSR count). The highest BCUT2D eigenvalue weighted by molar-refractivity contribution is 6.01. The molecule has 3 N–H and O–H groups in total. The average Bonchev–Trinajstić information content (AvgIpc) is 2.70. The van der Waals surface area contributed by atoms with E-state index < -0.39 is 16.9 Å². The normalized spacial score (nSPS) is 35.8. The summed E-state index contributed by atoms with van der Waals surface area (Å²) in [6, 6.07) is 0. The molecule has 6 heteroatoms. The Bertz CT molecular complexity index is 990. The highest BCUT2D eigenvalue weighted by atomic mass is 16.3. The number of nitrogens with one attached hydrogen (secondary N) is 1. The van der Waals surface area contributed by atoms with Crippen LogP contribution in [0.3, 0.4) is 0 Å². The van der Waals surface area contributed by atoms with Gasteiger partial charge >= 0.3 is 0 Å². The highest BCUT2D eigenvalue weighted by Crippen LogP contribution is 2.46. The number of hydrogen-bond acceptors (Lipinski definition) is 5. The third kappa shape index (κ3) is 3.47. The van der Waals surface area contributed by atoms with Gasteiger partial charge in [-0.25, -0.2) is 0 Å². The summed E-state index contributed by atoms with van der Waals surface area (Å²) in [6.45, 7) is 4.20. The van der Waals surface area contributed by atoms with Gasteiger partial charge in [-0.2, -0.15) is 0 Å². The Hall–Kier alpha value is -2.47. The van der Waals surface area contributed by atoms with Crippen LogP contribution in [0.5, 0.6) is 5.75 Å². The second-order valence-electron chi connectivity index (χ2n) is 9.36. The zero-order valence-corrected chi connectivity index (χ0v) is 17.4. The summed E-state index contributed by atoms with van der Waals surface area (Å²) in [5.41, 5.74) is -2.47. The highest BCUT2D eigenvalue weighted by Gasteiger charge is 2.44. The van der Waals surface area contributed by atoms with Gasteiger partial charge in [-0.15, -0.1) is 0 Å². The van der Waals surface area contributed by atoms with Gasteiger partial charge in [-0.1, -0.05) is 32.4 Å². The van der Waals surface area contributed by atoms with E-state index in [1.807, 2.05) is 6.92 Å². The van der Waals surface area contributed by atoms with Crippen LogP contribution in [0, 0.1) is 29.6 Å². The Labute approximate surface area is 175 Å². The van der Waals surface area contributed by atoms with E-state index in [0.717, 1.165) is 19.3 Å². The standard InChI is InChI=1S/C24H29NO5/c1-13-3-6-17-15(11-13)5-4-14(2)19(17)22(28)20-21(27)18(12-25-23(20)29)24(30)9-7-16(26)8-10-24/h4-5,7,9,12-15,17,19,30H,3,6,8,10-11H2,1-2H3,(H2,25,27,29)/t13-,14-,15-,17-,19-,24?/m0/s1. The molecule has 3 aliphatic carbocycles. The molecule has 0 aromatic carbocycles. The zero-order valence-electron chi connectivity index (χ0n) is 17.4. The second kappa shape index (κ2) is 7.65. The first kappa shape index (κ1) is 20.8. The second-order valence-corrected chi connectivity index (χ2v) is 9.36. The van der Waals surface area contributed by atoms with E-state index in [2.05, 4.69) is 24.1 Å². The predicted octanol–water partition coefficient (Wildman–Crippen LogP) is 3.24. The molecule has 0 bridgehead atoms. The molecule has 6 atom stereocenters. The van der Waals surface area contributed by atoms with Crippen LogP contribution in [-0.2, 0) is 10.4 Å². The molecule has 6 nitrogen and oxygen atoms in total. The monoisotopic (exact) mass is 411 g/mol. The van der Waals surface area contributed by atoms with Crippen LogP contribution in [0.25, 0.3) is 0 Å². The molecule has 0 radical (unpaired) electrons. The molecule has 1 heterocycles. The quantitative estimate of drug-likeness (QED) is 0.523. The number of ketones is 2. The van der Waals surface area contributed by atoms with Gasteiger partial charge in [-0.05, 0) is 55.1 Å². The number of rotatable bonds is 3. The Balaban J connectivity index is 1.74. The lowest BCUT2D eigenvalue weighted by Crippen LogP contribution is -2.41. The lowest BCUT2D eigenvalue weighted by molar-refractivity contribution is -0.116. The number of aromatic hydroxyl groups is 1. The lowest BCUT2D eigenvalue weighted by atomic mass is 9.61. The van der Waals surface area contributed by atoms with Crippen LogP contribution in [-0.4, -0.2) is 26.8 Å². The number of H-pyrrole nitrogens is 1. The molecule has 1 saturated carbocycles. The van der Waals surface area contributed by atoms with Gasteiger partial charge in [-0.3, -0.25) is 14.4 Å². The van der Waals surface area contributed by atoms with Gasteiger partial charge in [0.25, 0.3) is 5.56 Å². The van der Waals surface area contributed by atoms with Gasteiger partial charge in [0, 0.05) is 24.1 Å². The average molecular weight is 411 g/mol. The first-order chi connectivity index (χ1) is 14.2. The topological polar surface area (TPSA) is 107 Å².